The number of carbonyl (C=O) groups is 2. The molecule has 3 N–H and O–H groups in total. The topological polar surface area (TPSA) is 96.3 Å². The van der Waals surface area contributed by atoms with Crippen LogP contribution in [0, 0.1) is 17.0 Å². The van der Waals surface area contributed by atoms with Crippen molar-refractivity contribution < 1.29 is 23.5 Å². The Morgan fingerprint density at radius 1 is 1.27 bits per heavy atom. The van der Waals surface area contributed by atoms with Crippen molar-refractivity contribution in [1.82, 2.24) is 20.4 Å². The van der Waals surface area contributed by atoms with Gasteiger partial charge in [-0.25, -0.2) is 13.6 Å². The summed E-state index contributed by atoms with van der Waals surface area (Å²) in [6.07, 6.45) is 0.465. The molecule has 0 spiro atoms. The molecule has 3 rings (SSSR count). The van der Waals surface area contributed by atoms with E-state index in [-0.39, 0.29) is 12.3 Å². The van der Waals surface area contributed by atoms with E-state index < -0.39 is 35.2 Å². The molecule has 2 amide bonds. The molecule has 30 heavy (non-hydrogen) atoms. The number of hydrogen-bond donors (Lipinski definition) is 3. The highest BCUT2D eigenvalue weighted by Gasteiger charge is 2.34. The van der Waals surface area contributed by atoms with Crippen molar-refractivity contribution in [3.8, 4) is 11.3 Å². The minimum Gasteiger partial charge on any atom is -0.393 e. The van der Waals surface area contributed by atoms with Gasteiger partial charge in [-0.2, -0.15) is 9.78 Å². The number of nitrogens with zero attached hydrogens (tertiary/aromatic N) is 2. The number of likely N-dealkylation sites (N-methyl/N-ethyl adjacent to an activating group) is 1. The van der Waals surface area contributed by atoms with E-state index >= 15 is 0 Å². The molecule has 0 saturated carbocycles. The van der Waals surface area contributed by atoms with Crippen LogP contribution in [0.25, 0.3) is 11.3 Å². The third-order valence-electron chi connectivity index (χ3n) is 5.27. The average molecular weight is 420 g/mol. The lowest BCUT2D eigenvalue weighted by Crippen LogP contribution is -2.54. The van der Waals surface area contributed by atoms with Crippen LogP contribution in [-0.4, -0.2) is 46.0 Å². The Morgan fingerprint density at radius 2 is 1.97 bits per heavy atom. The highest BCUT2D eigenvalue weighted by molar-refractivity contribution is 5.88. The second-order valence-electron chi connectivity index (χ2n) is 8.57. The van der Waals surface area contributed by atoms with Crippen molar-refractivity contribution in [3.05, 3.63) is 41.1 Å². The minimum absolute atomic E-state index is 0.245. The zero-order chi connectivity index (χ0) is 22.2. The van der Waals surface area contributed by atoms with Crippen LogP contribution in [0.5, 0.6) is 0 Å². The fourth-order valence-electron chi connectivity index (χ4n) is 3.65. The first-order chi connectivity index (χ1) is 14.0. The maximum Gasteiger partial charge on any atom is 0.343 e. The van der Waals surface area contributed by atoms with E-state index in [9.17, 15) is 23.5 Å². The van der Waals surface area contributed by atoms with Crippen LogP contribution in [0.1, 0.15) is 38.4 Å². The number of rotatable bonds is 3. The van der Waals surface area contributed by atoms with Crippen molar-refractivity contribution >= 4 is 11.9 Å². The van der Waals surface area contributed by atoms with E-state index in [4.69, 9.17) is 0 Å². The van der Waals surface area contributed by atoms with Gasteiger partial charge in [-0.1, -0.05) is 20.8 Å². The third-order valence-corrected chi connectivity index (χ3v) is 5.27. The molecule has 1 aromatic heterocycles. The summed E-state index contributed by atoms with van der Waals surface area (Å²) < 4.78 is 28.3. The molecule has 0 saturated heterocycles. The number of nitrogens with one attached hydrogen (secondary N) is 2. The fourth-order valence-corrected chi connectivity index (χ4v) is 3.65. The van der Waals surface area contributed by atoms with Gasteiger partial charge in [-0.15, -0.1) is 0 Å². The van der Waals surface area contributed by atoms with E-state index in [0.29, 0.717) is 35.4 Å². The molecular weight excluding hydrogens is 394 g/mol. The van der Waals surface area contributed by atoms with Crippen LogP contribution in [0.15, 0.2) is 18.2 Å². The number of hydrogen-bond acceptors (Lipinski definition) is 4. The molecule has 2 atom stereocenters. The standard InChI is InChI=1S/C21H26F2N4O3/c1-21(2,3)18(19(29)24-4)25-20(30)27-16-8-6-12(28)10-13(16)17(26-27)11-5-7-14(22)15(23)9-11/h5,7,9,12,18,28H,6,8,10H2,1-4H3,(H,24,29)(H,25,30). The van der Waals surface area contributed by atoms with Crippen LogP contribution in [0.4, 0.5) is 13.6 Å². The molecule has 1 aliphatic rings. The van der Waals surface area contributed by atoms with Crippen molar-refractivity contribution in [3.63, 3.8) is 0 Å². The quantitative estimate of drug-likeness (QED) is 0.711. The van der Waals surface area contributed by atoms with Gasteiger partial charge in [0.2, 0.25) is 5.91 Å². The number of carbonyl (C=O) groups excluding carboxylic acids is 2. The van der Waals surface area contributed by atoms with E-state index in [1.165, 1.54) is 17.8 Å². The number of fused-ring (bicyclic) bond motifs is 1. The Bertz CT molecular complexity index is 981. The lowest BCUT2D eigenvalue weighted by molar-refractivity contribution is -0.124. The first-order valence-electron chi connectivity index (χ1n) is 9.79. The Balaban J connectivity index is 2.04. The van der Waals surface area contributed by atoms with Gasteiger partial charge in [0.05, 0.1) is 17.5 Å². The average Bonchev–Trinajstić information content (AvgIpc) is 3.05. The van der Waals surface area contributed by atoms with Gasteiger partial charge >= 0.3 is 6.03 Å². The third kappa shape index (κ3) is 4.21. The first kappa shape index (κ1) is 21.9. The molecule has 2 aromatic rings. The van der Waals surface area contributed by atoms with E-state index in [1.807, 2.05) is 20.8 Å². The molecular formula is C21H26F2N4O3. The normalized spacial score (nSPS) is 17.2. The van der Waals surface area contributed by atoms with E-state index in [0.717, 1.165) is 12.1 Å². The van der Waals surface area contributed by atoms with Gasteiger partial charge in [0, 0.05) is 24.6 Å². The smallest absolute Gasteiger partial charge is 0.343 e. The van der Waals surface area contributed by atoms with Gasteiger partial charge in [0.1, 0.15) is 6.04 Å². The van der Waals surface area contributed by atoms with Crippen LogP contribution in [0.3, 0.4) is 0 Å². The molecule has 1 aromatic carbocycles. The monoisotopic (exact) mass is 420 g/mol. The maximum absolute atomic E-state index is 13.8. The highest BCUT2D eigenvalue weighted by atomic mass is 19.2. The summed E-state index contributed by atoms with van der Waals surface area (Å²) in [4.78, 5) is 25.3. The summed E-state index contributed by atoms with van der Waals surface area (Å²) in [5.41, 5.74) is 1.26. The summed E-state index contributed by atoms with van der Waals surface area (Å²) in [7, 11) is 1.49. The molecule has 9 heteroatoms. The van der Waals surface area contributed by atoms with E-state index in [2.05, 4.69) is 15.7 Å². The van der Waals surface area contributed by atoms with Crippen molar-refractivity contribution in [2.75, 3.05) is 7.05 Å². The van der Waals surface area contributed by atoms with Crippen LogP contribution >= 0.6 is 0 Å². The van der Waals surface area contributed by atoms with Crippen LogP contribution < -0.4 is 10.6 Å². The minimum atomic E-state index is -1.02. The highest BCUT2D eigenvalue weighted by Crippen LogP contribution is 2.32. The number of aliphatic hydroxyl groups is 1. The zero-order valence-corrected chi connectivity index (χ0v) is 17.4. The number of aromatic nitrogens is 2. The Morgan fingerprint density at radius 3 is 2.57 bits per heavy atom. The number of halogens is 2. The predicted octanol–water partition coefficient (Wildman–Crippen LogP) is 2.40. The number of aliphatic hydroxyl groups excluding tert-OH is 1. The van der Waals surface area contributed by atoms with Crippen molar-refractivity contribution in [1.29, 1.82) is 0 Å². The van der Waals surface area contributed by atoms with Gasteiger partial charge in [-0.05, 0) is 36.5 Å². The molecule has 1 aliphatic carbocycles. The molecule has 0 radical (unpaired) electrons. The van der Waals surface area contributed by atoms with Gasteiger partial charge in [-0.3, -0.25) is 4.79 Å². The zero-order valence-electron chi connectivity index (χ0n) is 17.4. The Kier molecular flexibility index (Phi) is 5.94. The molecule has 0 fully saturated rings. The molecule has 162 valence electrons. The van der Waals surface area contributed by atoms with Gasteiger partial charge < -0.3 is 15.7 Å². The molecule has 2 unspecified atom stereocenters. The Hall–Kier alpha value is -2.81. The predicted molar refractivity (Wildman–Crippen MR) is 107 cm³/mol. The van der Waals surface area contributed by atoms with Gasteiger partial charge in [0.25, 0.3) is 0 Å². The fraction of sp³-hybridized carbons (Fsp3) is 0.476. The van der Waals surface area contributed by atoms with Crippen molar-refractivity contribution in [2.24, 2.45) is 5.41 Å². The van der Waals surface area contributed by atoms with Crippen LogP contribution in [0.2, 0.25) is 0 Å². The second-order valence-corrected chi connectivity index (χ2v) is 8.57. The summed E-state index contributed by atoms with van der Waals surface area (Å²) >= 11 is 0. The number of amides is 2. The molecule has 0 bridgehead atoms. The molecule has 1 heterocycles. The largest absolute Gasteiger partial charge is 0.393 e. The summed E-state index contributed by atoms with van der Waals surface area (Å²) in [6, 6.07) is 1.99. The summed E-state index contributed by atoms with van der Waals surface area (Å²) in [5.74, 6) is -2.35. The van der Waals surface area contributed by atoms with E-state index in [1.54, 1.807) is 0 Å². The SMILES string of the molecule is CNC(=O)C(NC(=O)n1nc(-c2ccc(F)c(F)c2)c2c1CCC(O)C2)C(C)(C)C. The summed E-state index contributed by atoms with van der Waals surface area (Å²) in [5, 5.41) is 19.7. The van der Waals surface area contributed by atoms with Crippen LogP contribution in [-0.2, 0) is 17.6 Å². The number of benzene rings is 1. The lowest BCUT2D eigenvalue weighted by Gasteiger charge is -2.30. The second kappa shape index (κ2) is 8.14. The lowest BCUT2D eigenvalue weighted by atomic mass is 9.86. The Labute approximate surface area is 173 Å². The van der Waals surface area contributed by atoms with Crippen molar-refractivity contribution in [2.45, 2.75) is 52.2 Å². The summed E-state index contributed by atoms with van der Waals surface area (Å²) in [6.45, 7) is 5.48. The molecule has 7 nitrogen and oxygen atoms in total. The first-order valence-corrected chi connectivity index (χ1v) is 9.79. The van der Waals surface area contributed by atoms with Gasteiger partial charge in [0.15, 0.2) is 11.6 Å². The molecule has 0 aliphatic heterocycles. The maximum atomic E-state index is 13.8.